The molecule has 122 valence electrons. The van der Waals surface area contributed by atoms with Crippen molar-refractivity contribution in [3.63, 3.8) is 0 Å². The van der Waals surface area contributed by atoms with E-state index in [1.807, 2.05) is 12.1 Å². The van der Waals surface area contributed by atoms with E-state index in [9.17, 15) is 0 Å². The number of aromatic nitrogens is 1. The normalized spacial score (nSPS) is 11.8. The molecule has 0 aliphatic heterocycles. The molecule has 2 aromatic heterocycles. The van der Waals surface area contributed by atoms with Crippen molar-refractivity contribution in [3.05, 3.63) is 91.0 Å². The lowest BCUT2D eigenvalue weighted by molar-refractivity contribution is 0.669. The smallest absolute Gasteiger partial charge is 0.137 e. The zero-order valence-electron chi connectivity index (χ0n) is 14.0. The van der Waals surface area contributed by atoms with Crippen LogP contribution in [-0.2, 0) is 0 Å². The number of fused-ring (bicyclic) bond motifs is 6. The van der Waals surface area contributed by atoms with Gasteiger partial charge in [-0.3, -0.25) is 0 Å². The van der Waals surface area contributed by atoms with E-state index in [1.165, 1.54) is 32.6 Å². The van der Waals surface area contributed by atoms with Crippen LogP contribution in [0.1, 0.15) is 0 Å². The Hall–Kier alpha value is -3.52. The van der Waals surface area contributed by atoms with Crippen LogP contribution in [0.5, 0.6) is 0 Å². The summed E-state index contributed by atoms with van der Waals surface area (Å²) in [6.45, 7) is 0. The van der Waals surface area contributed by atoms with Gasteiger partial charge in [0.05, 0.1) is 11.0 Å². The predicted octanol–water partition coefficient (Wildman–Crippen LogP) is 6.68. The molecule has 0 spiro atoms. The van der Waals surface area contributed by atoms with Gasteiger partial charge >= 0.3 is 0 Å². The fraction of sp³-hybridized carbons (Fsp3) is 0. The zero-order chi connectivity index (χ0) is 17.1. The molecule has 2 heterocycles. The number of nitrogens with zero attached hydrogens (tertiary/aromatic N) is 1. The molecule has 0 saturated carbocycles. The lowest BCUT2D eigenvalue weighted by Gasteiger charge is -2.07. The topological polar surface area (TPSA) is 18.1 Å². The maximum atomic E-state index is 6.13. The van der Waals surface area contributed by atoms with Crippen molar-refractivity contribution in [2.24, 2.45) is 0 Å². The summed E-state index contributed by atoms with van der Waals surface area (Å²) in [6.07, 6.45) is 0. The second-order valence-corrected chi connectivity index (χ2v) is 6.65. The standard InChI is InChI=1S/C24H15NO/c1-2-8-16(9-3-1)25-21-12-6-4-10-17(21)19-14-20-18-11-5-7-13-23(18)26-24(20)15-22(19)25/h1-15H. The van der Waals surface area contributed by atoms with E-state index in [0.29, 0.717) is 0 Å². The van der Waals surface area contributed by atoms with E-state index in [2.05, 4.69) is 83.4 Å². The minimum Gasteiger partial charge on any atom is -0.456 e. The number of furan rings is 1. The van der Waals surface area contributed by atoms with Gasteiger partial charge in [0.25, 0.3) is 0 Å². The SMILES string of the molecule is c1ccc(-n2c3ccccc3c3cc4c(cc32)oc2ccccc24)cc1. The maximum Gasteiger partial charge on any atom is 0.137 e. The van der Waals surface area contributed by atoms with Gasteiger partial charge in [0.1, 0.15) is 11.2 Å². The van der Waals surface area contributed by atoms with E-state index < -0.39 is 0 Å². The molecule has 2 nitrogen and oxygen atoms in total. The fourth-order valence-corrected chi connectivity index (χ4v) is 4.04. The highest BCUT2D eigenvalue weighted by Crippen LogP contribution is 2.37. The van der Waals surface area contributed by atoms with E-state index in [4.69, 9.17) is 4.42 Å². The van der Waals surface area contributed by atoms with Gasteiger partial charge in [0.15, 0.2) is 0 Å². The van der Waals surface area contributed by atoms with Crippen LogP contribution in [0.3, 0.4) is 0 Å². The predicted molar refractivity (Wildman–Crippen MR) is 108 cm³/mol. The highest BCUT2D eigenvalue weighted by Gasteiger charge is 2.15. The monoisotopic (exact) mass is 333 g/mol. The summed E-state index contributed by atoms with van der Waals surface area (Å²) in [5.41, 5.74) is 5.41. The molecule has 0 aliphatic carbocycles. The van der Waals surface area contributed by atoms with Crippen LogP contribution in [-0.4, -0.2) is 4.57 Å². The van der Waals surface area contributed by atoms with Gasteiger partial charge in [-0.15, -0.1) is 0 Å². The number of hydrogen-bond acceptors (Lipinski definition) is 1. The average molecular weight is 333 g/mol. The quantitative estimate of drug-likeness (QED) is 0.328. The number of rotatable bonds is 1. The molecule has 26 heavy (non-hydrogen) atoms. The Labute approximate surface area is 149 Å². The summed E-state index contributed by atoms with van der Waals surface area (Å²) in [4.78, 5) is 0. The average Bonchev–Trinajstić information content (AvgIpc) is 3.22. The van der Waals surface area contributed by atoms with Crippen LogP contribution >= 0.6 is 0 Å². The number of hydrogen-bond donors (Lipinski definition) is 0. The molecule has 2 heteroatoms. The number of benzene rings is 4. The third-order valence-corrected chi connectivity index (χ3v) is 5.19. The first-order valence-electron chi connectivity index (χ1n) is 8.80. The molecule has 0 unspecified atom stereocenters. The maximum absolute atomic E-state index is 6.13. The fourth-order valence-electron chi connectivity index (χ4n) is 4.04. The molecule has 0 saturated heterocycles. The highest BCUT2D eigenvalue weighted by atomic mass is 16.3. The van der Waals surface area contributed by atoms with E-state index >= 15 is 0 Å². The van der Waals surface area contributed by atoms with Gasteiger partial charge in [-0.25, -0.2) is 0 Å². The molecule has 4 aromatic carbocycles. The van der Waals surface area contributed by atoms with Gasteiger partial charge in [-0.05, 0) is 30.3 Å². The second kappa shape index (κ2) is 4.99. The lowest BCUT2D eigenvalue weighted by atomic mass is 10.1. The number of para-hydroxylation sites is 3. The first-order chi connectivity index (χ1) is 12.9. The van der Waals surface area contributed by atoms with Crippen LogP contribution in [0.15, 0.2) is 95.4 Å². The Balaban J connectivity index is 1.85. The summed E-state index contributed by atoms with van der Waals surface area (Å²) in [5.74, 6) is 0. The third kappa shape index (κ3) is 1.76. The Bertz CT molecular complexity index is 1420. The first-order valence-corrected chi connectivity index (χ1v) is 8.80. The van der Waals surface area contributed by atoms with Crippen LogP contribution in [0.4, 0.5) is 0 Å². The molecule has 0 bridgehead atoms. The summed E-state index contributed by atoms with van der Waals surface area (Å²) in [5, 5.41) is 4.85. The van der Waals surface area contributed by atoms with E-state index in [-0.39, 0.29) is 0 Å². The van der Waals surface area contributed by atoms with Crippen molar-refractivity contribution in [2.45, 2.75) is 0 Å². The van der Waals surface area contributed by atoms with Gasteiger partial charge in [-0.1, -0.05) is 54.6 Å². The molecule has 0 N–H and O–H groups in total. The van der Waals surface area contributed by atoms with Crippen molar-refractivity contribution in [1.29, 1.82) is 0 Å². The van der Waals surface area contributed by atoms with E-state index in [1.54, 1.807) is 0 Å². The molecule has 0 aliphatic rings. The van der Waals surface area contributed by atoms with Gasteiger partial charge in [0.2, 0.25) is 0 Å². The lowest BCUT2D eigenvalue weighted by Crippen LogP contribution is -1.92. The molecule has 0 fully saturated rings. The first kappa shape index (κ1) is 13.7. The van der Waals surface area contributed by atoms with Gasteiger partial charge in [-0.2, -0.15) is 0 Å². The summed E-state index contributed by atoms with van der Waals surface area (Å²) in [7, 11) is 0. The molecular weight excluding hydrogens is 318 g/mol. The van der Waals surface area contributed by atoms with Crippen LogP contribution in [0.25, 0.3) is 49.4 Å². The highest BCUT2D eigenvalue weighted by molar-refractivity contribution is 6.17. The Morgan fingerprint density at radius 1 is 0.500 bits per heavy atom. The summed E-state index contributed by atoms with van der Waals surface area (Å²) >= 11 is 0. The van der Waals surface area contributed by atoms with Crippen LogP contribution in [0, 0.1) is 0 Å². The molecule has 0 amide bonds. The van der Waals surface area contributed by atoms with Crippen molar-refractivity contribution < 1.29 is 4.42 Å². The summed E-state index contributed by atoms with van der Waals surface area (Å²) < 4.78 is 8.45. The minimum atomic E-state index is 0.929. The Morgan fingerprint density at radius 3 is 2.12 bits per heavy atom. The molecule has 0 radical (unpaired) electrons. The molecular formula is C24H15NO. The largest absolute Gasteiger partial charge is 0.456 e. The zero-order valence-corrected chi connectivity index (χ0v) is 14.0. The Morgan fingerprint density at radius 2 is 1.23 bits per heavy atom. The Kier molecular flexibility index (Phi) is 2.64. The van der Waals surface area contributed by atoms with Crippen molar-refractivity contribution in [3.8, 4) is 5.69 Å². The van der Waals surface area contributed by atoms with E-state index in [0.717, 1.165) is 16.9 Å². The molecule has 6 aromatic rings. The van der Waals surface area contributed by atoms with Crippen LogP contribution in [0.2, 0.25) is 0 Å². The summed E-state index contributed by atoms with van der Waals surface area (Å²) in [6, 6.07) is 31.8. The van der Waals surface area contributed by atoms with Gasteiger partial charge in [0, 0.05) is 33.3 Å². The van der Waals surface area contributed by atoms with Crippen LogP contribution < -0.4 is 0 Å². The molecule has 0 atom stereocenters. The van der Waals surface area contributed by atoms with Crippen molar-refractivity contribution in [2.75, 3.05) is 0 Å². The molecule has 6 rings (SSSR count). The van der Waals surface area contributed by atoms with Crippen molar-refractivity contribution in [1.82, 2.24) is 4.57 Å². The second-order valence-electron chi connectivity index (χ2n) is 6.65. The van der Waals surface area contributed by atoms with Crippen molar-refractivity contribution >= 4 is 43.7 Å². The third-order valence-electron chi connectivity index (χ3n) is 5.19. The minimum absolute atomic E-state index is 0.929. The van der Waals surface area contributed by atoms with Gasteiger partial charge < -0.3 is 8.98 Å².